The van der Waals surface area contributed by atoms with Crippen LogP contribution in [0.15, 0.2) is 12.7 Å². The van der Waals surface area contributed by atoms with E-state index in [9.17, 15) is 4.79 Å². The predicted octanol–water partition coefficient (Wildman–Crippen LogP) is 1.49. The van der Waals surface area contributed by atoms with E-state index in [1.807, 2.05) is 13.0 Å². The SMILES string of the molecule is C=CCCC[C@H](C)OC(=O)CNC. The highest BCUT2D eigenvalue weighted by Crippen LogP contribution is 2.04. The molecule has 1 N–H and O–H groups in total. The van der Waals surface area contributed by atoms with E-state index in [0.29, 0.717) is 0 Å². The first-order chi connectivity index (χ1) is 6.20. The lowest BCUT2D eigenvalue weighted by Crippen LogP contribution is -2.24. The van der Waals surface area contributed by atoms with Crippen molar-refractivity contribution in [1.29, 1.82) is 0 Å². The zero-order valence-electron chi connectivity index (χ0n) is 8.51. The number of likely N-dealkylation sites (N-methyl/N-ethyl adjacent to an activating group) is 1. The second kappa shape index (κ2) is 7.80. The largest absolute Gasteiger partial charge is 0.462 e. The molecule has 0 saturated carbocycles. The topological polar surface area (TPSA) is 38.3 Å². The van der Waals surface area contributed by atoms with Crippen LogP contribution in [0.25, 0.3) is 0 Å². The van der Waals surface area contributed by atoms with Crippen LogP contribution in [0.4, 0.5) is 0 Å². The van der Waals surface area contributed by atoms with E-state index in [1.165, 1.54) is 0 Å². The van der Waals surface area contributed by atoms with Crippen molar-refractivity contribution in [2.75, 3.05) is 13.6 Å². The highest BCUT2D eigenvalue weighted by molar-refractivity contribution is 5.71. The van der Waals surface area contributed by atoms with Crippen LogP contribution in [0.3, 0.4) is 0 Å². The first kappa shape index (κ1) is 12.2. The number of esters is 1. The number of nitrogens with one attached hydrogen (secondary N) is 1. The van der Waals surface area contributed by atoms with Gasteiger partial charge in [0.05, 0.1) is 12.6 Å². The second-order valence-corrected chi connectivity index (χ2v) is 3.05. The summed E-state index contributed by atoms with van der Waals surface area (Å²) in [5.74, 6) is -0.186. The fourth-order valence-corrected chi connectivity index (χ4v) is 1.02. The summed E-state index contributed by atoms with van der Waals surface area (Å²) >= 11 is 0. The number of carbonyl (C=O) groups is 1. The van der Waals surface area contributed by atoms with Crippen LogP contribution >= 0.6 is 0 Å². The minimum Gasteiger partial charge on any atom is -0.462 e. The molecule has 0 spiro atoms. The molecule has 0 aromatic carbocycles. The van der Waals surface area contributed by atoms with E-state index in [0.717, 1.165) is 19.3 Å². The van der Waals surface area contributed by atoms with Gasteiger partial charge in [0.1, 0.15) is 0 Å². The van der Waals surface area contributed by atoms with Crippen LogP contribution in [-0.4, -0.2) is 25.7 Å². The summed E-state index contributed by atoms with van der Waals surface area (Å²) in [6.07, 6.45) is 4.80. The lowest BCUT2D eigenvalue weighted by atomic mass is 10.2. The minimum absolute atomic E-state index is 0.0146. The Bertz CT molecular complexity index is 157. The van der Waals surface area contributed by atoms with E-state index < -0.39 is 0 Å². The molecule has 3 heteroatoms. The summed E-state index contributed by atoms with van der Waals surface area (Å²) < 4.78 is 5.10. The lowest BCUT2D eigenvalue weighted by molar-refractivity contribution is -0.147. The highest BCUT2D eigenvalue weighted by atomic mass is 16.5. The van der Waals surface area contributed by atoms with E-state index in [-0.39, 0.29) is 18.6 Å². The van der Waals surface area contributed by atoms with E-state index in [1.54, 1.807) is 7.05 Å². The quantitative estimate of drug-likeness (QED) is 0.371. The molecule has 0 aromatic heterocycles. The van der Waals surface area contributed by atoms with Crippen molar-refractivity contribution >= 4 is 5.97 Å². The van der Waals surface area contributed by atoms with Gasteiger partial charge >= 0.3 is 5.97 Å². The number of carbonyl (C=O) groups excluding carboxylic acids is 1. The molecule has 0 heterocycles. The lowest BCUT2D eigenvalue weighted by Gasteiger charge is -2.12. The number of ether oxygens (including phenoxy) is 1. The van der Waals surface area contributed by atoms with Crippen molar-refractivity contribution in [3.63, 3.8) is 0 Å². The second-order valence-electron chi connectivity index (χ2n) is 3.05. The number of unbranched alkanes of at least 4 members (excludes halogenated alkanes) is 1. The maximum absolute atomic E-state index is 11.0. The Hall–Kier alpha value is -0.830. The normalized spacial score (nSPS) is 12.2. The summed E-state index contributed by atoms with van der Waals surface area (Å²) in [5, 5.41) is 2.75. The van der Waals surface area contributed by atoms with Crippen LogP contribution in [0, 0.1) is 0 Å². The molecule has 0 amide bonds. The zero-order valence-corrected chi connectivity index (χ0v) is 8.51. The molecule has 0 bridgehead atoms. The summed E-state index contributed by atoms with van der Waals surface area (Å²) in [4.78, 5) is 11.0. The molecule has 1 atom stereocenters. The van der Waals surface area contributed by atoms with Gasteiger partial charge in [-0.25, -0.2) is 0 Å². The van der Waals surface area contributed by atoms with Crippen molar-refractivity contribution < 1.29 is 9.53 Å². The van der Waals surface area contributed by atoms with Crippen molar-refractivity contribution in [3.05, 3.63) is 12.7 Å². The van der Waals surface area contributed by atoms with Crippen LogP contribution in [0.1, 0.15) is 26.2 Å². The van der Waals surface area contributed by atoms with Gasteiger partial charge in [0, 0.05) is 0 Å². The molecular formula is C10H19NO2. The number of hydrogen-bond donors (Lipinski definition) is 1. The molecule has 76 valence electrons. The maximum Gasteiger partial charge on any atom is 0.320 e. The van der Waals surface area contributed by atoms with Crippen molar-refractivity contribution in [1.82, 2.24) is 5.32 Å². The fraction of sp³-hybridized carbons (Fsp3) is 0.700. The summed E-state index contributed by atoms with van der Waals surface area (Å²) in [6.45, 7) is 5.83. The first-order valence-corrected chi connectivity index (χ1v) is 4.65. The van der Waals surface area contributed by atoms with Gasteiger partial charge in [-0.1, -0.05) is 6.08 Å². The van der Waals surface area contributed by atoms with Crippen molar-refractivity contribution in [3.8, 4) is 0 Å². The number of allylic oxidation sites excluding steroid dienone is 1. The van der Waals surface area contributed by atoms with E-state index in [4.69, 9.17) is 4.74 Å². The molecular weight excluding hydrogens is 166 g/mol. The average molecular weight is 185 g/mol. The minimum atomic E-state index is -0.186. The summed E-state index contributed by atoms with van der Waals surface area (Å²) in [5.41, 5.74) is 0. The van der Waals surface area contributed by atoms with Crippen molar-refractivity contribution in [2.24, 2.45) is 0 Å². The smallest absolute Gasteiger partial charge is 0.320 e. The Morgan fingerprint density at radius 2 is 2.38 bits per heavy atom. The standard InChI is InChI=1S/C10H19NO2/c1-4-5-6-7-9(2)13-10(12)8-11-3/h4,9,11H,1,5-8H2,2-3H3/t9-/m0/s1. The Morgan fingerprint density at radius 3 is 2.92 bits per heavy atom. The molecule has 3 nitrogen and oxygen atoms in total. The molecule has 0 rings (SSSR count). The summed E-state index contributed by atoms with van der Waals surface area (Å²) in [6, 6.07) is 0. The van der Waals surface area contributed by atoms with E-state index >= 15 is 0 Å². The van der Waals surface area contributed by atoms with Gasteiger partial charge in [0.2, 0.25) is 0 Å². The van der Waals surface area contributed by atoms with Crippen LogP contribution in [-0.2, 0) is 9.53 Å². The Labute approximate surface area is 80.2 Å². The third-order valence-corrected chi connectivity index (χ3v) is 1.67. The molecule has 13 heavy (non-hydrogen) atoms. The predicted molar refractivity (Wildman–Crippen MR) is 53.5 cm³/mol. The third kappa shape index (κ3) is 7.53. The van der Waals surface area contributed by atoms with Crippen LogP contribution < -0.4 is 5.32 Å². The van der Waals surface area contributed by atoms with Gasteiger partial charge in [-0.05, 0) is 33.2 Å². The maximum atomic E-state index is 11.0. The van der Waals surface area contributed by atoms with Crippen molar-refractivity contribution in [2.45, 2.75) is 32.3 Å². The van der Waals surface area contributed by atoms with Gasteiger partial charge in [0.15, 0.2) is 0 Å². The van der Waals surface area contributed by atoms with Crippen LogP contribution in [0.2, 0.25) is 0 Å². The highest BCUT2D eigenvalue weighted by Gasteiger charge is 2.07. The molecule has 0 unspecified atom stereocenters. The molecule has 0 radical (unpaired) electrons. The molecule has 0 aliphatic rings. The Kier molecular flexibility index (Phi) is 7.30. The Morgan fingerprint density at radius 1 is 1.69 bits per heavy atom. The molecule has 0 aromatic rings. The third-order valence-electron chi connectivity index (χ3n) is 1.67. The van der Waals surface area contributed by atoms with Gasteiger partial charge in [0.25, 0.3) is 0 Å². The molecule has 0 fully saturated rings. The average Bonchev–Trinajstić information content (AvgIpc) is 2.05. The molecule has 0 aliphatic carbocycles. The van der Waals surface area contributed by atoms with Gasteiger partial charge in [-0.15, -0.1) is 6.58 Å². The van der Waals surface area contributed by atoms with Gasteiger partial charge in [-0.3, -0.25) is 4.79 Å². The van der Waals surface area contributed by atoms with Gasteiger partial charge in [-0.2, -0.15) is 0 Å². The molecule has 0 aliphatic heterocycles. The summed E-state index contributed by atoms with van der Waals surface area (Å²) in [7, 11) is 1.73. The fourth-order valence-electron chi connectivity index (χ4n) is 1.02. The zero-order chi connectivity index (χ0) is 10.1. The monoisotopic (exact) mass is 185 g/mol. The first-order valence-electron chi connectivity index (χ1n) is 4.65. The molecule has 0 saturated heterocycles. The number of rotatable bonds is 7. The number of hydrogen-bond acceptors (Lipinski definition) is 3. The van der Waals surface area contributed by atoms with E-state index in [2.05, 4.69) is 11.9 Å². The van der Waals surface area contributed by atoms with Crippen LogP contribution in [0.5, 0.6) is 0 Å². The Balaban J connectivity index is 3.43. The van der Waals surface area contributed by atoms with Gasteiger partial charge < -0.3 is 10.1 Å².